The highest BCUT2D eigenvalue weighted by atomic mass is 35.5. The zero-order chi connectivity index (χ0) is 29.0. The third kappa shape index (κ3) is 4.92. The topological polar surface area (TPSA) is 114 Å². The normalized spacial score (nSPS) is 14.5. The van der Waals surface area contributed by atoms with Crippen LogP contribution in [0.15, 0.2) is 30.5 Å². The van der Waals surface area contributed by atoms with E-state index in [9.17, 15) is 26.4 Å². The van der Waals surface area contributed by atoms with E-state index < -0.39 is 40.3 Å². The number of hydrogen-bond acceptors (Lipinski definition) is 6. The maximum Gasteiger partial charge on any atom is 0.511 e. The molecule has 0 saturated heterocycles. The highest BCUT2D eigenvalue weighted by Crippen LogP contribution is 2.30. The summed E-state index contributed by atoms with van der Waals surface area (Å²) in [5, 5.41) is 7.43. The first-order valence-corrected chi connectivity index (χ1v) is 13.9. The van der Waals surface area contributed by atoms with Crippen LogP contribution in [0.25, 0.3) is 17.0 Å². The van der Waals surface area contributed by atoms with Crippen molar-refractivity contribution in [3.8, 4) is 11.4 Å². The number of sulfonamides is 1. The van der Waals surface area contributed by atoms with Crippen LogP contribution >= 0.6 is 11.6 Å². The molecule has 0 fully saturated rings. The van der Waals surface area contributed by atoms with Gasteiger partial charge in [0, 0.05) is 30.4 Å². The molecule has 5 rings (SSSR count). The molecule has 10 nitrogen and oxygen atoms in total. The number of imidazole rings is 1. The van der Waals surface area contributed by atoms with Crippen molar-refractivity contribution in [1.29, 1.82) is 0 Å². The van der Waals surface area contributed by atoms with Crippen LogP contribution in [-0.2, 0) is 36.1 Å². The highest BCUT2D eigenvalue weighted by molar-refractivity contribution is 7.89. The van der Waals surface area contributed by atoms with Crippen LogP contribution in [0.1, 0.15) is 40.1 Å². The first-order chi connectivity index (χ1) is 18.8. The Kier molecular flexibility index (Phi) is 7.08. The predicted molar refractivity (Wildman–Crippen MR) is 136 cm³/mol. The van der Waals surface area contributed by atoms with Gasteiger partial charge in [-0.2, -0.15) is 22.6 Å². The standard InChI is InChI=1S/C24H22ClF4N7O3S/c1-3-18-21(35-11-13(2)16(25)9-19(35)31-18)23(37)30-10-14-4-5-15(17(26)8-14)22-32-20-12-34(6-7-36(20)33-22)40(38,39)24(27,28)29/h4-5,8-9,11H,3,6-7,10,12H2,1-2H3,(H,30,37). The number of rotatable bonds is 6. The first kappa shape index (κ1) is 28.0. The minimum Gasteiger partial charge on any atom is -0.347 e. The number of carbonyl (C=O) groups excluding carboxylic acids is 1. The Hall–Kier alpha value is -3.56. The van der Waals surface area contributed by atoms with Gasteiger partial charge in [-0.3, -0.25) is 9.20 Å². The molecule has 0 saturated carbocycles. The van der Waals surface area contributed by atoms with Crippen molar-refractivity contribution in [1.82, 2.24) is 33.8 Å². The summed E-state index contributed by atoms with van der Waals surface area (Å²) in [6.45, 7) is 2.42. The lowest BCUT2D eigenvalue weighted by molar-refractivity contribution is -0.0496. The van der Waals surface area contributed by atoms with Crippen molar-refractivity contribution < 1.29 is 30.8 Å². The largest absolute Gasteiger partial charge is 0.511 e. The predicted octanol–water partition coefficient (Wildman–Crippen LogP) is 3.85. The maximum absolute atomic E-state index is 15.0. The molecule has 1 aliphatic heterocycles. The molecular formula is C24H22ClF4N7O3S. The summed E-state index contributed by atoms with van der Waals surface area (Å²) >= 11 is 6.19. The van der Waals surface area contributed by atoms with E-state index in [0.29, 0.717) is 34.0 Å². The number of halogens is 5. The zero-order valence-electron chi connectivity index (χ0n) is 21.1. The lowest BCUT2D eigenvalue weighted by Gasteiger charge is -2.26. The van der Waals surface area contributed by atoms with E-state index >= 15 is 4.39 Å². The van der Waals surface area contributed by atoms with Crippen LogP contribution in [-0.4, -0.2) is 54.8 Å². The molecule has 1 amide bonds. The Bertz CT molecular complexity index is 1750. The second kappa shape index (κ2) is 10.1. The Labute approximate surface area is 230 Å². The molecule has 0 atom stereocenters. The van der Waals surface area contributed by atoms with Crippen LogP contribution in [0.2, 0.25) is 5.02 Å². The van der Waals surface area contributed by atoms with Crippen LogP contribution in [0.4, 0.5) is 17.6 Å². The van der Waals surface area contributed by atoms with Crippen molar-refractivity contribution >= 4 is 33.2 Å². The fraction of sp³-hybridized carbons (Fsp3) is 0.333. The minimum absolute atomic E-state index is 0.00360. The molecule has 16 heteroatoms. The van der Waals surface area contributed by atoms with Crippen molar-refractivity contribution in [3.63, 3.8) is 0 Å². The SMILES string of the molecule is CCc1nc2cc(Cl)c(C)cn2c1C(=O)NCc1ccc(-c2nc3n(n2)CCN(S(=O)(=O)C(F)(F)F)C3)c(F)c1. The number of pyridine rings is 1. The summed E-state index contributed by atoms with van der Waals surface area (Å²) in [7, 11) is -5.53. The lowest BCUT2D eigenvalue weighted by Crippen LogP contribution is -2.44. The van der Waals surface area contributed by atoms with Gasteiger partial charge in [-0.15, -0.1) is 0 Å². The van der Waals surface area contributed by atoms with Crippen LogP contribution in [0, 0.1) is 12.7 Å². The third-order valence-electron chi connectivity index (χ3n) is 6.50. The number of carbonyl (C=O) groups is 1. The van der Waals surface area contributed by atoms with Gasteiger partial charge in [0.25, 0.3) is 5.91 Å². The van der Waals surface area contributed by atoms with E-state index in [4.69, 9.17) is 11.6 Å². The molecule has 40 heavy (non-hydrogen) atoms. The summed E-state index contributed by atoms with van der Waals surface area (Å²) < 4.78 is 80.5. The summed E-state index contributed by atoms with van der Waals surface area (Å²) in [5.41, 5.74) is -2.80. The lowest BCUT2D eigenvalue weighted by atomic mass is 10.1. The van der Waals surface area contributed by atoms with Gasteiger partial charge < -0.3 is 5.32 Å². The molecule has 212 valence electrons. The average molecular weight is 600 g/mol. The van der Waals surface area contributed by atoms with Gasteiger partial charge in [-0.05, 0) is 36.6 Å². The molecule has 0 spiro atoms. The number of amides is 1. The zero-order valence-corrected chi connectivity index (χ0v) is 22.7. The van der Waals surface area contributed by atoms with E-state index in [1.165, 1.54) is 16.8 Å². The van der Waals surface area contributed by atoms with Gasteiger partial charge in [0.1, 0.15) is 23.0 Å². The number of aromatic nitrogens is 5. The maximum atomic E-state index is 15.0. The van der Waals surface area contributed by atoms with E-state index in [2.05, 4.69) is 20.4 Å². The molecule has 1 aliphatic rings. The highest BCUT2D eigenvalue weighted by Gasteiger charge is 2.50. The van der Waals surface area contributed by atoms with Crippen molar-refractivity contribution in [2.75, 3.05) is 6.54 Å². The number of fused-ring (bicyclic) bond motifs is 2. The first-order valence-electron chi connectivity index (χ1n) is 12.0. The minimum atomic E-state index is -5.53. The number of nitrogens with one attached hydrogen (secondary N) is 1. The fourth-order valence-corrected chi connectivity index (χ4v) is 5.44. The van der Waals surface area contributed by atoms with Crippen molar-refractivity contribution in [2.45, 2.75) is 45.4 Å². The van der Waals surface area contributed by atoms with Gasteiger partial charge in [0.2, 0.25) is 0 Å². The molecule has 0 aliphatic carbocycles. The second-order valence-electron chi connectivity index (χ2n) is 9.15. The second-order valence-corrected chi connectivity index (χ2v) is 11.5. The van der Waals surface area contributed by atoms with Gasteiger partial charge in [0.05, 0.1) is 24.3 Å². The van der Waals surface area contributed by atoms with Gasteiger partial charge in [-0.1, -0.05) is 24.6 Å². The number of nitrogens with zero attached hydrogens (tertiary/aromatic N) is 6. The number of benzene rings is 1. The molecule has 0 bridgehead atoms. The Morgan fingerprint density at radius 2 is 1.93 bits per heavy atom. The average Bonchev–Trinajstić information content (AvgIpc) is 3.47. The van der Waals surface area contributed by atoms with E-state index in [0.717, 1.165) is 5.56 Å². The van der Waals surface area contributed by atoms with Crippen LogP contribution in [0.5, 0.6) is 0 Å². The quantitative estimate of drug-likeness (QED) is 0.337. The van der Waals surface area contributed by atoms with Crippen LogP contribution in [0.3, 0.4) is 0 Å². The molecular weight excluding hydrogens is 578 g/mol. The molecule has 1 aromatic carbocycles. The molecule has 0 radical (unpaired) electrons. The molecule has 0 unspecified atom stereocenters. The number of alkyl halides is 3. The summed E-state index contributed by atoms with van der Waals surface area (Å²) in [4.78, 5) is 21.6. The van der Waals surface area contributed by atoms with E-state index in [1.54, 1.807) is 22.7 Å². The Balaban J connectivity index is 1.32. The molecule has 4 aromatic rings. The third-order valence-corrected chi connectivity index (χ3v) is 8.49. The van der Waals surface area contributed by atoms with E-state index in [1.807, 2.05) is 13.8 Å². The molecule has 3 aromatic heterocycles. The van der Waals surface area contributed by atoms with Gasteiger partial charge in [0.15, 0.2) is 5.82 Å². The van der Waals surface area contributed by atoms with E-state index in [-0.39, 0.29) is 34.6 Å². The van der Waals surface area contributed by atoms with Crippen molar-refractivity contribution in [3.05, 3.63) is 69.6 Å². The molecule has 1 N–H and O–H groups in total. The van der Waals surface area contributed by atoms with Gasteiger partial charge in [-0.25, -0.2) is 27.5 Å². The van der Waals surface area contributed by atoms with Gasteiger partial charge >= 0.3 is 15.5 Å². The Morgan fingerprint density at radius 3 is 2.60 bits per heavy atom. The Morgan fingerprint density at radius 1 is 1.18 bits per heavy atom. The summed E-state index contributed by atoms with van der Waals surface area (Å²) in [5.74, 6) is -1.26. The smallest absolute Gasteiger partial charge is 0.347 e. The number of aryl methyl sites for hydroxylation is 2. The number of hydrogen-bond donors (Lipinski definition) is 1. The summed E-state index contributed by atoms with van der Waals surface area (Å²) in [6, 6.07) is 5.81. The monoisotopic (exact) mass is 599 g/mol. The molecule has 4 heterocycles. The van der Waals surface area contributed by atoms with Crippen molar-refractivity contribution in [2.24, 2.45) is 0 Å². The summed E-state index contributed by atoms with van der Waals surface area (Å²) in [6.07, 6.45) is 2.23. The van der Waals surface area contributed by atoms with Crippen LogP contribution < -0.4 is 5.32 Å². The fourth-order valence-electron chi connectivity index (χ4n) is 4.40.